The van der Waals surface area contributed by atoms with Crippen molar-refractivity contribution < 1.29 is 14.3 Å². The van der Waals surface area contributed by atoms with E-state index in [9.17, 15) is 9.59 Å². The van der Waals surface area contributed by atoms with Gasteiger partial charge in [-0.2, -0.15) is 0 Å². The Kier molecular flexibility index (Phi) is 7.48. The molecule has 2 aromatic rings. The van der Waals surface area contributed by atoms with E-state index in [-0.39, 0.29) is 18.4 Å². The fourth-order valence-electron chi connectivity index (χ4n) is 2.15. The first-order valence-electron chi connectivity index (χ1n) is 8.11. The van der Waals surface area contributed by atoms with Gasteiger partial charge in [0.05, 0.1) is 4.47 Å². The number of halogens is 2. The van der Waals surface area contributed by atoms with Crippen LogP contribution in [0.25, 0.3) is 0 Å². The third-order valence-corrected chi connectivity index (χ3v) is 4.15. The standard InChI is InChI=1S/C19H20BrClN2O3/c1-12(2)9-18(24)22-14-4-6-15(7-5-14)23-19(25)11-26-17-8-3-13(21)10-16(17)20/h3-8,10,12H,9,11H2,1-2H3,(H,22,24)(H,23,25). The van der Waals surface area contributed by atoms with Crippen molar-refractivity contribution in [3.8, 4) is 5.75 Å². The number of carbonyl (C=O) groups excluding carboxylic acids is 2. The number of rotatable bonds is 7. The Labute approximate surface area is 166 Å². The third-order valence-electron chi connectivity index (χ3n) is 3.30. The van der Waals surface area contributed by atoms with Crippen molar-refractivity contribution >= 4 is 50.7 Å². The molecule has 0 spiro atoms. The molecule has 0 aliphatic carbocycles. The van der Waals surface area contributed by atoms with Gasteiger partial charge in [-0.1, -0.05) is 25.4 Å². The lowest BCUT2D eigenvalue weighted by molar-refractivity contribution is -0.118. The van der Waals surface area contributed by atoms with E-state index in [1.54, 1.807) is 42.5 Å². The fourth-order valence-corrected chi connectivity index (χ4v) is 2.95. The highest BCUT2D eigenvalue weighted by Gasteiger charge is 2.08. The van der Waals surface area contributed by atoms with Crippen molar-refractivity contribution in [1.29, 1.82) is 0 Å². The molecule has 2 rings (SSSR count). The summed E-state index contributed by atoms with van der Waals surface area (Å²) in [5.74, 6) is 0.518. The topological polar surface area (TPSA) is 67.4 Å². The van der Waals surface area contributed by atoms with E-state index in [0.29, 0.717) is 39.0 Å². The van der Waals surface area contributed by atoms with Crippen LogP contribution in [-0.2, 0) is 9.59 Å². The molecular formula is C19H20BrClN2O3. The number of ether oxygens (including phenoxy) is 1. The van der Waals surface area contributed by atoms with Crippen LogP contribution in [0.4, 0.5) is 11.4 Å². The molecule has 0 saturated carbocycles. The number of amides is 2. The molecule has 0 aliphatic rings. The molecule has 0 aliphatic heterocycles. The lowest BCUT2D eigenvalue weighted by Gasteiger charge is -2.10. The molecule has 2 N–H and O–H groups in total. The molecular weight excluding hydrogens is 420 g/mol. The SMILES string of the molecule is CC(C)CC(=O)Nc1ccc(NC(=O)COc2ccc(Cl)cc2Br)cc1. The highest BCUT2D eigenvalue weighted by atomic mass is 79.9. The Hall–Kier alpha value is -2.05. The predicted molar refractivity (Wildman–Crippen MR) is 108 cm³/mol. The van der Waals surface area contributed by atoms with Gasteiger partial charge in [0.2, 0.25) is 5.91 Å². The van der Waals surface area contributed by atoms with Crippen molar-refractivity contribution in [3.63, 3.8) is 0 Å². The van der Waals surface area contributed by atoms with E-state index in [0.717, 1.165) is 0 Å². The minimum absolute atomic E-state index is 0.0290. The number of benzene rings is 2. The fraction of sp³-hybridized carbons (Fsp3) is 0.263. The van der Waals surface area contributed by atoms with Crippen molar-refractivity contribution in [1.82, 2.24) is 0 Å². The number of hydrogen-bond donors (Lipinski definition) is 2. The zero-order chi connectivity index (χ0) is 19.1. The smallest absolute Gasteiger partial charge is 0.262 e. The predicted octanol–water partition coefficient (Wildman–Crippen LogP) is 5.10. The molecule has 0 bridgehead atoms. The Morgan fingerprint density at radius 1 is 1.04 bits per heavy atom. The quantitative estimate of drug-likeness (QED) is 0.630. The molecule has 0 radical (unpaired) electrons. The second-order valence-corrected chi connectivity index (χ2v) is 7.43. The normalized spacial score (nSPS) is 10.5. The average Bonchev–Trinajstić information content (AvgIpc) is 2.55. The summed E-state index contributed by atoms with van der Waals surface area (Å²) in [7, 11) is 0. The van der Waals surface area contributed by atoms with Gasteiger partial charge in [-0.3, -0.25) is 9.59 Å². The van der Waals surface area contributed by atoms with Crippen LogP contribution >= 0.6 is 27.5 Å². The number of hydrogen-bond acceptors (Lipinski definition) is 3. The molecule has 5 nitrogen and oxygen atoms in total. The van der Waals surface area contributed by atoms with E-state index in [2.05, 4.69) is 26.6 Å². The first-order valence-corrected chi connectivity index (χ1v) is 9.28. The Bertz CT molecular complexity index is 779. The molecule has 138 valence electrons. The van der Waals surface area contributed by atoms with E-state index in [1.165, 1.54) is 0 Å². The molecule has 26 heavy (non-hydrogen) atoms. The molecule has 2 aromatic carbocycles. The molecule has 0 saturated heterocycles. The number of carbonyl (C=O) groups is 2. The summed E-state index contributed by atoms with van der Waals surface area (Å²) in [6.07, 6.45) is 0.468. The van der Waals surface area contributed by atoms with Gasteiger partial charge >= 0.3 is 0 Å². The van der Waals surface area contributed by atoms with Gasteiger partial charge in [-0.15, -0.1) is 0 Å². The second kappa shape index (κ2) is 9.59. The molecule has 0 fully saturated rings. The third kappa shape index (κ3) is 6.69. The van der Waals surface area contributed by atoms with Gasteiger partial charge in [-0.25, -0.2) is 0 Å². The maximum atomic E-state index is 12.0. The first kappa shape index (κ1) is 20.3. The Morgan fingerprint density at radius 3 is 2.15 bits per heavy atom. The highest BCUT2D eigenvalue weighted by Crippen LogP contribution is 2.27. The van der Waals surface area contributed by atoms with E-state index >= 15 is 0 Å². The van der Waals surface area contributed by atoms with E-state index < -0.39 is 0 Å². The lowest BCUT2D eigenvalue weighted by atomic mass is 10.1. The molecule has 0 heterocycles. The summed E-state index contributed by atoms with van der Waals surface area (Å²) >= 11 is 9.20. The molecule has 0 atom stereocenters. The number of nitrogens with one attached hydrogen (secondary N) is 2. The average molecular weight is 440 g/mol. The molecule has 7 heteroatoms. The Morgan fingerprint density at radius 2 is 1.62 bits per heavy atom. The van der Waals surface area contributed by atoms with E-state index in [4.69, 9.17) is 16.3 Å². The van der Waals surface area contributed by atoms with Crippen LogP contribution in [0.15, 0.2) is 46.9 Å². The van der Waals surface area contributed by atoms with Crippen LogP contribution < -0.4 is 15.4 Å². The maximum Gasteiger partial charge on any atom is 0.262 e. The van der Waals surface area contributed by atoms with Gasteiger partial charge in [0.1, 0.15) is 5.75 Å². The Balaban J connectivity index is 1.84. The van der Waals surface area contributed by atoms with Crippen LogP contribution in [0.3, 0.4) is 0 Å². The van der Waals surface area contributed by atoms with Crippen molar-refractivity contribution in [2.75, 3.05) is 17.2 Å². The molecule has 0 aromatic heterocycles. The van der Waals surface area contributed by atoms with Crippen molar-refractivity contribution in [3.05, 3.63) is 52.0 Å². The number of anilines is 2. The van der Waals surface area contributed by atoms with Gasteiger partial charge in [0.15, 0.2) is 6.61 Å². The summed E-state index contributed by atoms with van der Waals surface area (Å²) in [5, 5.41) is 6.13. The minimum Gasteiger partial charge on any atom is -0.483 e. The van der Waals surface area contributed by atoms with Crippen LogP contribution in [0.2, 0.25) is 5.02 Å². The monoisotopic (exact) mass is 438 g/mol. The van der Waals surface area contributed by atoms with Gasteiger partial charge in [0, 0.05) is 22.8 Å². The summed E-state index contributed by atoms with van der Waals surface area (Å²) in [4.78, 5) is 23.7. The molecule has 0 unspecified atom stereocenters. The minimum atomic E-state index is -0.288. The highest BCUT2D eigenvalue weighted by molar-refractivity contribution is 9.10. The maximum absolute atomic E-state index is 12.0. The molecule has 2 amide bonds. The van der Waals surface area contributed by atoms with Crippen LogP contribution in [0, 0.1) is 5.92 Å². The van der Waals surface area contributed by atoms with Crippen molar-refractivity contribution in [2.45, 2.75) is 20.3 Å². The summed E-state index contributed by atoms with van der Waals surface area (Å²) in [6.45, 7) is 3.85. The summed E-state index contributed by atoms with van der Waals surface area (Å²) < 4.78 is 6.14. The van der Waals surface area contributed by atoms with E-state index in [1.807, 2.05) is 13.8 Å². The summed E-state index contributed by atoms with van der Waals surface area (Å²) in [6, 6.07) is 12.0. The van der Waals surface area contributed by atoms with Gasteiger partial charge < -0.3 is 15.4 Å². The zero-order valence-corrected chi connectivity index (χ0v) is 16.9. The zero-order valence-electron chi connectivity index (χ0n) is 14.5. The van der Waals surface area contributed by atoms with Crippen LogP contribution in [0.5, 0.6) is 5.75 Å². The summed E-state index contributed by atoms with van der Waals surface area (Å²) in [5.41, 5.74) is 1.31. The lowest BCUT2D eigenvalue weighted by Crippen LogP contribution is -2.20. The van der Waals surface area contributed by atoms with Gasteiger partial charge in [0.25, 0.3) is 5.91 Å². The van der Waals surface area contributed by atoms with Crippen LogP contribution in [0.1, 0.15) is 20.3 Å². The van der Waals surface area contributed by atoms with Crippen LogP contribution in [-0.4, -0.2) is 18.4 Å². The largest absolute Gasteiger partial charge is 0.483 e. The first-order chi connectivity index (χ1) is 12.3. The van der Waals surface area contributed by atoms with Crippen molar-refractivity contribution in [2.24, 2.45) is 5.92 Å². The second-order valence-electron chi connectivity index (χ2n) is 6.14. The van der Waals surface area contributed by atoms with Gasteiger partial charge in [-0.05, 0) is 64.3 Å².